The van der Waals surface area contributed by atoms with Gasteiger partial charge in [0.25, 0.3) is 0 Å². The average Bonchev–Trinajstić information content (AvgIpc) is 2.85. The zero-order valence-corrected chi connectivity index (χ0v) is 21.8. The van der Waals surface area contributed by atoms with Gasteiger partial charge in [0.15, 0.2) is 0 Å². The lowest BCUT2D eigenvalue weighted by Gasteiger charge is -2.24. The zero-order valence-electron chi connectivity index (χ0n) is 21.8. The van der Waals surface area contributed by atoms with Gasteiger partial charge in [0, 0.05) is 11.5 Å². The summed E-state index contributed by atoms with van der Waals surface area (Å²) in [5, 5.41) is 9.44. The Morgan fingerprint density at radius 3 is 2.25 bits per heavy atom. The van der Waals surface area contributed by atoms with Crippen molar-refractivity contribution in [1.29, 1.82) is 0 Å². The van der Waals surface area contributed by atoms with Crippen LogP contribution in [0.1, 0.15) is 57.2 Å². The molecule has 0 spiro atoms. The van der Waals surface area contributed by atoms with Gasteiger partial charge in [-0.25, -0.2) is 4.39 Å². The van der Waals surface area contributed by atoms with Gasteiger partial charge in [-0.2, -0.15) is 0 Å². The molecule has 0 amide bonds. The van der Waals surface area contributed by atoms with Gasteiger partial charge < -0.3 is 14.6 Å². The van der Waals surface area contributed by atoms with Crippen LogP contribution in [0.25, 0.3) is 11.1 Å². The summed E-state index contributed by atoms with van der Waals surface area (Å²) in [7, 11) is 1.57. The van der Waals surface area contributed by atoms with Gasteiger partial charge in [0.2, 0.25) is 0 Å². The van der Waals surface area contributed by atoms with Gasteiger partial charge in [-0.1, -0.05) is 64.1 Å². The molecule has 0 saturated heterocycles. The lowest BCUT2D eigenvalue weighted by Crippen LogP contribution is -2.17. The zero-order chi connectivity index (χ0) is 26.5. The molecule has 0 heterocycles. The van der Waals surface area contributed by atoms with Crippen LogP contribution in [0.3, 0.4) is 0 Å². The maximum absolute atomic E-state index is 14.9. The SMILES string of the molecule is CC=C[C@@H](c1ccc(OCc2ccc(C(C)(C)C)c(-c3cc(OC)ccc3F)c2)cc1)[C@@H](C)C(=O)O. The summed E-state index contributed by atoms with van der Waals surface area (Å²) < 4.78 is 26.2. The molecular formula is C31H35FO4. The maximum Gasteiger partial charge on any atom is 0.307 e. The molecule has 190 valence electrons. The second-order valence-electron chi connectivity index (χ2n) is 10.0. The number of hydrogen-bond acceptors (Lipinski definition) is 3. The average molecular weight is 491 g/mol. The van der Waals surface area contributed by atoms with Crippen LogP contribution in [0.15, 0.2) is 72.8 Å². The van der Waals surface area contributed by atoms with E-state index in [1.54, 1.807) is 26.2 Å². The Kier molecular flexibility index (Phi) is 8.57. The van der Waals surface area contributed by atoms with Gasteiger partial charge in [-0.05, 0) is 71.0 Å². The van der Waals surface area contributed by atoms with Crippen LogP contribution in [0.5, 0.6) is 11.5 Å². The molecule has 36 heavy (non-hydrogen) atoms. The van der Waals surface area contributed by atoms with E-state index < -0.39 is 11.9 Å². The first-order chi connectivity index (χ1) is 17.0. The highest BCUT2D eigenvalue weighted by Crippen LogP contribution is 2.37. The second kappa shape index (κ2) is 11.4. The van der Waals surface area contributed by atoms with Gasteiger partial charge in [0.1, 0.15) is 23.9 Å². The molecule has 0 fully saturated rings. The van der Waals surface area contributed by atoms with E-state index in [0.29, 0.717) is 23.7 Å². The highest BCUT2D eigenvalue weighted by Gasteiger charge is 2.23. The van der Waals surface area contributed by atoms with E-state index in [1.165, 1.54) is 6.07 Å². The van der Waals surface area contributed by atoms with Crippen LogP contribution in [-0.4, -0.2) is 18.2 Å². The summed E-state index contributed by atoms with van der Waals surface area (Å²) in [6.07, 6.45) is 3.78. The molecule has 0 unspecified atom stereocenters. The summed E-state index contributed by atoms with van der Waals surface area (Å²) >= 11 is 0. The Labute approximate surface area is 213 Å². The van der Waals surface area contributed by atoms with Crippen molar-refractivity contribution in [3.05, 3.63) is 95.3 Å². The molecule has 4 nitrogen and oxygen atoms in total. The molecule has 5 heteroatoms. The quantitative estimate of drug-likeness (QED) is 0.312. The topological polar surface area (TPSA) is 55.8 Å². The number of benzene rings is 3. The highest BCUT2D eigenvalue weighted by atomic mass is 19.1. The Balaban J connectivity index is 1.86. The van der Waals surface area contributed by atoms with Crippen LogP contribution in [0, 0.1) is 11.7 Å². The molecule has 3 rings (SSSR count). The third-order valence-electron chi connectivity index (χ3n) is 6.35. The van der Waals surface area contributed by atoms with E-state index in [-0.39, 0.29) is 17.2 Å². The van der Waals surface area contributed by atoms with Crippen molar-refractivity contribution in [3.63, 3.8) is 0 Å². The maximum atomic E-state index is 14.9. The number of halogens is 1. The Morgan fingerprint density at radius 2 is 1.67 bits per heavy atom. The van der Waals surface area contributed by atoms with E-state index in [2.05, 4.69) is 20.8 Å². The smallest absolute Gasteiger partial charge is 0.307 e. The van der Waals surface area contributed by atoms with Gasteiger partial charge >= 0.3 is 5.97 Å². The van der Waals surface area contributed by atoms with E-state index in [1.807, 2.05) is 61.5 Å². The summed E-state index contributed by atoms with van der Waals surface area (Å²) in [5.74, 6) is -0.616. The van der Waals surface area contributed by atoms with E-state index in [0.717, 1.165) is 22.3 Å². The summed E-state index contributed by atoms with van der Waals surface area (Å²) in [4.78, 5) is 11.5. The predicted molar refractivity (Wildman–Crippen MR) is 142 cm³/mol. The van der Waals surface area contributed by atoms with Gasteiger partial charge in [-0.15, -0.1) is 0 Å². The normalized spacial score (nSPS) is 13.4. The number of carbonyl (C=O) groups is 1. The molecule has 3 aromatic carbocycles. The Hall–Kier alpha value is -3.60. The predicted octanol–water partition coefficient (Wildman–Crippen LogP) is 7.76. The summed E-state index contributed by atoms with van der Waals surface area (Å²) in [6, 6.07) is 18.3. The van der Waals surface area contributed by atoms with Crippen LogP contribution in [0.4, 0.5) is 4.39 Å². The molecule has 0 aliphatic rings. The molecular weight excluding hydrogens is 455 g/mol. The van der Waals surface area contributed by atoms with Crippen molar-refractivity contribution in [3.8, 4) is 22.6 Å². The lowest BCUT2D eigenvalue weighted by molar-refractivity contribution is -0.141. The molecule has 2 atom stereocenters. The largest absolute Gasteiger partial charge is 0.497 e. The first-order valence-corrected chi connectivity index (χ1v) is 12.1. The molecule has 0 aliphatic heterocycles. The number of ether oxygens (including phenoxy) is 2. The van der Waals surface area contributed by atoms with Gasteiger partial charge in [-0.3, -0.25) is 4.79 Å². The van der Waals surface area contributed by atoms with Crippen molar-refractivity contribution >= 4 is 5.97 Å². The molecule has 0 radical (unpaired) electrons. The van der Waals surface area contributed by atoms with E-state index in [9.17, 15) is 14.3 Å². The van der Waals surface area contributed by atoms with Crippen molar-refractivity contribution in [2.24, 2.45) is 5.92 Å². The number of methoxy groups -OCH3 is 1. The Bertz CT molecular complexity index is 1220. The number of hydrogen-bond donors (Lipinski definition) is 1. The monoisotopic (exact) mass is 490 g/mol. The van der Waals surface area contributed by atoms with E-state index >= 15 is 0 Å². The second-order valence-corrected chi connectivity index (χ2v) is 10.0. The molecule has 0 saturated carbocycles. The third kappa shape index (κ3) is 6.34. The first-order valence-electron chi connectivity index (χ1n) is 12.1. The number of allylic oxidation sites excluding steroid dienone is 2. The van der Waals surface area contributed by atoms with Crippen molar-refractivity contribution in [1.82, 2.24) is 0 Å². The number of carboxylic acid groups (broad SMARTS) is 1. The molecule has 3 aromatic rings. The van der Waals surface area contributed by atoms with Gasteiger partial charge in [0.05, 0.1) is 13.0 Å². The van der Waals surface area contributed by atoms with E-state index in [4.69, 9.17) is 9.47 Å². The minimum Gasteiger partial charge on any atom is -0.497 e. The van der Waals surface area contributed by atoms with Crippen molar-refractivity contribution < 1.29 is 23.8 Å². The number of aliphatic carboxylic acids is 1. The fourth-order valence-corrected chi connectivity index (χ4v) is 4.28. The number of rotatable bonds is 9. The molecule has 1 N–H and O–H groups in total. The third-order valence-corrected chi connectivity index (χ3v) is 6.35. The first kappa shape index (κ1) is 27.0. The molecule has 0 aromatic heterocycles. The standard InChI is InChI=1S/C31H35FO4/c1-7-8-25(20(2)30(33)34)22-10-12-23(13-11-22)36-19-21-9-15-28(31(3,4)5)26(17-21)27-18-24(35-6)14-16-29(27)32/h7-18,20,25H,19H2,1-6H3,(H,33,34)/t20-,25-/m1/s1. The number of carboxylic acids is 1. The van der Waals surface area contributed by atoms with Crippen LogP contribution >= 0.6 is 0 Å². The van der Waals surface area contributed by atoms with Crippen LogP contribution in [0.2, 0.25) is 0 Å². The summed E-state index contributed by atoms with van der Waals surface area (Å²) in [5.41, 5.74) is 3.98. The fourth-order valence-electron chi connectivity index (χ4n) is 4.28. The highest BCUT2D eigenvalue weighted by molar-refractivity contribution is 5.72. The van der Waals surface area contributed by atoms with Crippen molar-refractivity contribution in [2.45, 2.75) is 52.6 Å². The fraction of sp³-hybridized carbons (Fsp3) is 0.323. The summed E-state index contributed by atoms with van der Waals surface area (Å²) in [6.45, 7) is 10.2. The minimum atomic E-state index is -0.833. The van der Waals surface area contributed by atoms with Crippen molar-refractivity contribution in [2.75, 3.05) is 7.11 Å². The van der Waals surface area contributed by atoms with Crippen LogP contribution < -0.4 is 9.47 Å². The molecule has 0 bridgehead atoms. The minimum absolute atomic E-state index is 0.184. The lowest BCUT2D eigenvalue weighted by atomic mass is 9.81. The Morgan fingerprint density at radius 1 is 1.00 bits per heavy atom. The van der Waals surface area contributed by atoms with Crippen LogP contribution in [-0.2, 0) is 16.8 Å². The molecule has 0 aliphatic carbocycles.